The molecule has 19 heavy (non-hydrogen) atoms. The third-order valence-corrected chi connectivity index (χ3v) is 4.34. The quantitative estimate of drug-likeness (QED) is 0.892. The first-order valence-corrected chi connectivity index (χ1v) is 7.80. The van der Waals surface area contributed by atoms with E-state index in [1.54, 1.807) is 23.7 Å². The molecule has 0 fully saturated rings. The molecule has 0 saturated heterocycles. The van der Waals surface area contributed by atoms with Gasteiger partial charge in [-0.15, -0.1) is 11.3 Å². The molecule has 0 spiro atoms. The smallest absolute Gasteiger partial charge is 0.148 e. The third kappa shape index (κ3) is 3.78. The highest BCUT2D eigenvalue weighted by molar-refractivity contribution is 9.10. The minimum absolute atomic E-state index is 0.0305. The Balaban J connectivity index is 2.24. The predicted molar refractivity (Wildman–Crippen MR) is 82.6 cm³/mol. The highest BCUT2D eigenvalue weighted by atomic mass is 79.9. The summed E-state index contributed by atoms with van der Waals surface area (Å²) in [6.45, 7) is 4.16. The van der Waals surface area contributed by atoms with Gasteiger partial charge in [-0.2, -0.15) is 0 Å². The lowest BCUT2D eigenvalue weighted by Crippen LogP contribution is -2.30. The average molecular weight is 341 g/mol. The number of nitrogens with zero attached hydrogens (tertiary/aromatic N) is 1. The van der Waals surface area contributed by atoms with Crippen molar-refractivity contribution in [2.45, 2.75) is 32.4 Å². The topological polar surface area (TPSA) is 48.1 Å². The fourth-order valence-corrected chi connectivity index (χ4v) is 3.11. The summed E-state index contributed by atoms with van der Waals surface area (Å²) in [5.41, 5.74) is 6.19. The Morgan fingerprint density at radius 3 is 2.79 bits per heavy atom. The average Bonchev–Trinajstić information content (AvgIpc) is 2.81. The zero-order valence-electron chi connectivity index (χ0n) is 11.0. The second kappa shape index (κ2) is 6.50. The highest BCUT2D eigenvalue weighted by Crippen LogP contribution is 2.30. The van der Waals surface area contributed by atoms with Crippen LogP contribution in [0.3, 0.4) is 0 Å². The first-order valence-electron chi connectivity index (χ1n) is 6.19. The van der Waals surface area contributed by atoms with Crippen LogP contribution in [0.15, 0.2) is 35.1 Å². The molecule has 2 rings (SSSR count). The molecule has 0 aromatic carbocycles. The van der Waals surface area contributed by atoms with Crippen molar-refractivity contribution in [3.63, 3.8) is 0 Å². The van der Waals surface area contributed by atoms with E-state index in [1.165, 1.54) is 4.88 Å². The van der Waals surface area contributed by atoms with Gasteiger partial charge in [0.05, 0.1) is 6.20 Å². The minimum Gasteiger partial charge on any atom is -0.482 e. The van der Waals surface area contributed by atoms with Crippen molar-refractivity contribution in [2.24, 2.45) is 5.73 Å². The summed E-state index contributed by atoms with van der Waals surface area (Å²) >= 11 is 5.12. The summed E-state index contributed by atoms with van der Waals surface area (Å²) in [6, 6.07) is 6.06. The van der Waals surface area contributed by atoms with Crippen molar-refractivity contribution in [3.8, 4) is 5.75 Å². The van der Waals surface area contributed by atoms with Crippen molar-refractivity contribution in [3.05, 3.63) is 44.8 Å². The molecule has 3 nitrogen and oxygen atoms in total. The van der Waals surface area contributed by atoms with Gasteiger partial charge in [0.25, 0.3) is 0 Å². The van der Waals surface area contributed by atoms with E-state index in [2.05, 4.69) is 46.9 Å². The molecule has 2 aromatic rings. The van der Waals surface area contributed by atoms with Gasteiger partial charge >= 0.3 is 0 Å². The molecule has 2 heterocycles. The first kappa shape index (κ1) is 14.5. The lowest BCUT2D eigenvalue weighted by atomic mass is 10.1. The summed E-state index contributed by atoms with van der Waals surface area (Å²) in [5.74, 6) is 0.731. The Bertz CT molecular complexity index is 544. The van der Waals surface area contributed by atoms with Crippen molar-refractivity contribution < 1.29 is 4.74 Å². The molecule has 0 aliphatic rings. The Morgan fingerprint density at radius 1 is 1.42 bits per heavy atom. The normalized spacial score (nSPS) is 14.1. The van der Waals surface area contributed by atoms with E-state index in [0.717, 1.165) is 21.5 Å². The third-order valence-electron chi connectivity index (χ3n) is 2.84. The summed E-state index contributed by atoms with van der Waals surface area (Å²) in [4.78, 5) is 6.53. The Hall–Kier alpha value is -0.910. The molecule has 5 heteroatoms. The number of nitrogens with two attached hydrogens (primary N) is 1. The summed E-state index contributed by atoms with van der Waals surface area (Å²) in [7, 11) is 0. The van der Waals surface area contributed by atoms with Crippen LogP contribution in [0.4, 0.5) is 0 Å². The predicted octanol–water partition coefficient (Wildman–Crippen LogP) is 4.07. The number of ether oxygens (including phenoxy) is 1. The number of pyridine rings is 1. The van der Waals surface area contributed by atoms with E-state index < -0.39 is 0 Å². The standard InChI is InChI=1S/C14H17BrN2OS/c1-3-12(16)14(13-5-4-9(2)19-13)18-11-6-10(15)7-17-8-11/h4-8,12,14H,3,16H2,1-2H3. The van der Waals surface area contributed by atoms with Gasteiger partial charge in [-0.05, 0) is 47.5 Å². The largest absolute Gasteiger partial charge is 0.482 e. The van der Waals surface area contributed by atoms with Crippen LogP contribution >= 0.6 is 27.3 Å². The Morgan fingerprint density at radius 2 is 2.21 bits per heavy atom. The zero-order chi connectivity index (χ0) is 13.8. The van der Waals surface area contributed by atoms with Crippen LogP contribution in [0.5, 0.6) is 5.75 Å². The number of hydrogen-bond acceptors (Lipinski definition) is 4. The Labute approximate surface area is 125 Å². The van der Waals surface area contributed by atoms with Crippen molar-refractivity contribution in [2.75, 3.05) is 0 Å². The summed E-state index contributed by atoms with van der Waals surface area (Å²) < 4.78 is 6.94. The van der Waals surface area contributed by atoms with Crippen LogP contribution < -0.4 is 10.5 Å². The molecule has 102 valence electrons. The van der Waals surface area contributed by atoms with Crippen molar-refractivity contribution in [1.82, 2.24) is 4.98 Å². The maximum atomic E-state index is 6.19. The number of hydrogen-bond donors (Lipinski definition) is 1. The van der Waals surface area contributed by atoms with E-state index in [4.69, 9.17) is 10.5 Å². The van der Waals surface area contributed by atoms with E-state index in [0.29, 0.717) is 0 Å². The van der Waals surface area contributed by atoms with Crippen molar-refractivity contribution >= 4 is 27.3 Å². The molecular formula is C14H17BrN2OS. The van der Waals surface area contributed by atoms with Crippen molar-refractivity contribution in [1.29, 1.82) is 0 Å². The molecule has 0 aliphatic heterocycles. The second-order valence-corrected chi connectivity index (χ2v) is 6.63. The van der Waals surface area contributed by atoms with Gasteiger partial charge < -0.3 is 10.5 Å². The number of rotatable bonds is 5. The van der Waals surface area contributed by atoms with Gasteiger partial charge in [-0.3, -0.25) is 4.98 Å². The molecule has 2 N–H and O–H groups in total. The van der Waals surface area contributed by atoms with Crippen LogP contribution in [0.1, 0.15) is 29.2 Å². The molecule has 0 radical (unpaired) electrons. The van der Waals surface area contributed by atoms with Gasteiger partial charge in [0.15, 0.2) is 0 Å². The number of halogens is 1. The van der Waals surface area contributed by atoms with Gasteiger partial charge in [-0.1, -0.05) is 6.92 Å². The van der Waals surface area contributed by atoms with E-state index in [-0.39, 0.29) is 12.1 Å². The van der Waals surface area contributed by atoms with Crippen LogP contribution in [-0.4, -0.2) is 11.0 Å². The van der Waals surface area contributed by atoms with Gasteiger partial charge in [0.2, 0.25) is 0 Å². The molecule has 0 saturated carbocycles. The number of thiophene rings is 1. The summed E-state index contributed by atoms with van der Waals surface area (Å²) in [6.07, 6.45) is 4.18. The highest BCUT2D eigenvalue weighted by Gasteiger charge is 2.22. The van der Waals surface area contributed by atoms with Crippen LogP contribution in [-0.2, 0) is 0 Å². The van der Waals surface area contributed by atoms with Crippen LogP contribution in [0.25, 0.3) is 0 Å². The van der Waals surface area contributed by atoms with Crippen LogP contribution in [0.2, 0.25) is 0 Å². The molecule has 0 amide bonds. The van der Waals surface area contributed by atoms with E-state index in [1.807, 2.05) is 6.07 Å². The molecule has 2 atom stereocenters. The zero-order valence-corrected chi connectivity index (χ0v) is 13.4. The number of aromatic nitrogens is 1. The molecular weight excluding hydrogens is 324 g/mol. The van der Waals surface area contributed by atoms with E-state index in [9.17, 15) is 0 Å². The fraction of sp³-hybridized carbons (Fsp3) is 0.357. The first-order chi connectivity index (χ1) is 9.10. The molecule has 2 unspecified atom stereocenters. The molecule has 2 aromatic heterocycles. The fourth-order valence-electron chi connectivity index (χ4n) is 1.78. The number of aryl methyl sites for hydroxylation is 1. The molecule has 0 aliphatic carbocycles. The maximum absolute atomic E-state index is 6.19. The second-order valence-electron chi connectivity index (χ2n) is 4.40. The van der Waals surface area contributed by atoms with Gasteiger partial charge in [0.1, 0.15) is 11.9 Å². The minimum atomic E-state index is -0.125. The lowest BCUT2D eigenvalue weighted by Gasteiger charge is -2.23. The molecule has 0 bridgehead atoms. The summed E-state index contributed by atoms with van der Waals surface area (Å²) in [5, 5.41) is 0. The monoisotopic (exact) mass is 340 g/mol. The SMILES string of the molecule is CCC(N)C(Oc1cncc(Br)c1)c1ccc(C)s1. The van der Waals surface area contributed by atoms with Gasteiger partial charge in [0, 0.05) is 26.5 Å². The van der Waals surface area contributed by atoms with Crippen LogP contribution in [0, 0.1) is 6.92 Å². The van der Waals surface area contributed by atoms with Gasteiger partial charge in [-0.25, -0.2) is 0 Å². The Kier molecular flexibility index (Phi) is 4.96. The van der Waals surface area contributed by atoms with E-state index >= 15 is 0 Å². The lowest BCUT2D eigenvalue weighted by molar-refractivity contribution is 0.174. The maximum Gasteiger partial charge on any atom is 0.148 e.